The lowest BCUT2D eigenvalue weighted by Crippen LogP contribution is -2.10. The Morgan fingerprint density at radius 3 is 2.38 bits per heavy atom. The van der Waals surface area contributed by atoms with Gasteiger partial charge in [-0.2, -0.15) is 8.42 Å². The van der Waals surface area contributed by atoms with Crippen LogP contribution in [0.1, 0.15) is 43.4 Å². The van der Waals surface area contributed by atoms with E-state index in [2.05, 4.69) is 9.52 Å². The first-order chi connectivity index (χ1) is 14.0. The van der Waals surface area contributed by atoms with E-state index in [1.807, 2.05) is 68.4 Å². The third-order valence-electron chi connectivity index (χ3n) is 4.82. The number of rotatable bonds is 7. The second kappa shape index (κ2) is 9.43. The molecule has 1 unspecified atom stereocenters. The Labute approximate surface area is 171 Å². The molecule has 1 aromatic heterocycles. The second-order valence-corrected chi connectivity index (χ2v) is 7.41. The third kappa shape index (κ3) is 4.86. The van der Waals surface area contributed by atoms with Gasteiger partial charge in [-0.3, -0.25) is 4.79 Å². The molecule has 1 heterocycles. The van der Waals surface area contributed by atoms with E-state index >= 15 is 0 Å². The van der Waals surface area contributed by atoms with E-state index < -0.39 is 22.3 Å². The molecular formula is C22H22N2O4S. The standard InChI is InChI=1S/C22H22N2O4S/c1-3-4-10-19(22(25)24-29(26)27)16-11-13-17(14-12-16)20-15(2)28-23-21(20)18-8-6-5-7-9-18/h5-9,11-14,19H,3-4,10H2,1-2H3. The molecule has 0 radical (unpaired) electrons. The lowest BCUT2D eigenvalue weighted by atomic mass is 9.91. The van der Waals surface area contributed by atoms with Crippen LogP contribution < -0.4 is 0 Å². The molecule has 0 aliphatic rings. The van der Waals surface area contributed by atoms with Gasteiger partial charge in [0.1, 0.15) is 11.5 Å². The monoisotopic (exact) mass is 410 g/mol. The summed E-state index contributed by atoms with van der Waals surface area (Å²) in [6, 6.07) is 17.3. The fourth-order valence-electron chi connectivity index (χ4n) is 3.37. The van der Waals surface area contributed by atoms with Gasteiger partial charge in [-0.25, -0.2) is 0 Å². The van der Waals surface area contributed by atoms with Crippen molar-refractivity contribution in [2.24, 2.45) is 4.36 Å². The summed E-state index contributed by atoms with van der Waals surface area (Å²) in [6.45, 7) is 3.88. The number of benzene rings is 2. The largest absolute Gasteiger partial charge is 0.360 e. The van der Waals surface area contributed by atoms with E-state index in [4.69, 9.17) is 4.52 Å². The molecule has 0 spiro atoms. The average molecular weight is 410 g/mol. The number of amides is 1. The van der Waals surface area contributed by atoms with Gasteiger partial charge in [0, 0.05) is 5.56 Å². The number of unbranched alkanes of at least 4 members (excludes halogenated alkanes) is 1. The summed E-state index contributed by atoms with van der Waals surface area (Å²) in [5.74, 6) is -0.503. The molecule has 29 heavy (non-hydrogen) atoms. The van der Waals surface area contributed by atoms with Crippen LogP contribution in [0.25, 0.3) is 22.4 Å². The number of hydrogen-bond donors (Lipinski definition) is 0. The molecule has 0 saturated carbocycles. The van der Waals surface area contributed by atoms with Crippen LogP contribution in [-0.4, -0.2) is 19.5 Å². The van der Waals surface area contributed by atoms with Gasteiger partial charge in [-0.05, 0) is 24.5 Å². The van der Waals surface area contributed by atoms with Gasteiger partial charge in [0.15, 0.2) is 0 Å². The Balaban J connectivity index is 1.97. The molecule has 1 amide bonds. The van der Waals surface area contributed by atoms with Crippen molar-refractivity contribution < 1.29 is 17.7 Å². The lowest BCUT2D eigenvalue weighted by Gasteiger charge is -2.13. The van der Waals surface area contributed by atoms with Crippen LogP contribution in [0.15, 0.2) is 63.5 Å². The van der Waals surface area contributed by atoms with Crippen LogP contribution in [0.2, 0.25) is 0 Å². The van der Waals surface area contributed by atoms with Crippen molar-refractivity contribution in [3.63, 3.8) is 0 Å². The molecule has 3 aromatic rings. The predicted molar refractivity (Wildman–Crippen MR) is 111 cm³/mol. The minimum absolute atomic E-state index is 0.553. The van der Waals surface area contributed by atoms with Gasteiger partial charge < -0.3 is 4.52 Å². The molecule has 2 aromatic carbocycles. The van der Waals surface area contributed by atoms with Gasteiger partial charge >= 0.3 is 10.5 Å². The van der Waals surface area contributed by atoms with Crippen molar-refractivity contribution in [2.75, 3.05) is 0 Å². The SMILES string of the molecule is CCCCC(C(=O)N=S(=O)=O)c1ccc(-c2c(-c3ccccc3)noc2C)cc1. The van der Waals surface area contributed by atoms with Gasteiger partial charge in [0.2, 0.25) is 0 Å². The van der Waals surface area contributed by atoms with Crippen molar-refractivity contribution in [3.05, 3.63) is 65.9 Å². The summed E-state index contributed by atoms with van der Waals surface area (Å²) in [7, 11) is -2.75. The Morgan fingerprint density at radius 2 is 1.76 bits per heavy atom. The molecule has 7 heteroatoms. The van der Waals surface area contributed by atoms with Gasteiger partial charge in [0.05, 0.1) is 11.5 Å². The van der Waals surface area contributed by atoms with Crippen molar-refractivity contribution in [1.82, 2.24) is 5.16 Å². The first-order valence-electron chi connectivity index (χ1n) is 9.48. The van der Waals surface area contributed by atoms with Crippen LogP contribution in [0, 0.1) is 6.92 Å². The Morgan fingerprint density at radius 1 is 1.07 bits per heavy atom. The maximum Gasteiger partial charge on any atom is 0.319 e. The minimum atomic E-state index is -2.75. The number of carbonyl (C=O) groups is 1. The van der Waals surface area contributed by atoms with E-state index in [9.17, 15) is 13.2 Å². The average Bonchev–Trinajstić information content (AvgIpc) is 3.10. The van der Waals surface area contributed by atoms with E-state index in [0.29, 0.717) is 12.2 Å². The first-order valence-corrected chi connectivity index (χ1v) is 10.5. The fourth-order valence-corrected chi connectivity index (χ4v) is 3.64. The number of aryl methyl sites for hydroxylation is 1. The lowest BCUT2D eigenvalue weighted by molar-refractivity contribution is -0.119. The summed E-state index contributed by atoms with van der Waals surface area (Å²) in [4.78, 5) is 12.3. The Bertz CT molecular complexity index is 1110. The van der Waals surface area contributed by atoms with Gasteiger partial charge in [-0.15, -0.1) is 0 Å². The molecule has 3 rings (SSSR count). The molecule has 0 aliphatic heterocycles. The normalized spacial score (nSPS) is 11.8. The molecule has 0 aliphatic carbocycles. The molecule has 0 bridgehead atoms. The maximum absolute atomic E-state index is 12.3. The number of nitrogens with zero attached hydrogens (tertiary/aromatic N) is 2. The topological polar surface area (TPSA) is 89.6 Å². The summed E-state index contributed by atoms with van der Waals surface area (Å²) in [6.07, 6.45) is 2.27. The Hall–Kier alpha value is -3.06. The van der Waals surface area contributed by atoms with Crippen molar-refractivity contribution in [1.29, 1.82) is 0 Å². The summed E-state index contributed by atoms with van der Waals surface area (Å²) < 4.78 is 30.3. The summed E-state index contributed by atoms with van der Waals surface area (Å²) in [5.41, 5.74) is 4.26. The fraction of sp³-hybridized carbons (Fsp3) is 0.273. The summed E-state index contributed by atoms with van der Waals surface area (Å²) >= 11 is 0. The zero-order valence-corrected chi connectivity index (χ0v) is 17.1. The highest BCUT2D eigenvalue weighted by Crippen LogP contribution is 2.35. The molecule has 0 N–H and O–H groups in total. The molecule has 0 fully saturated rings. The smallest absolute Gasteiger partial charge is 0.319 e. The quantitative estimate of drug-likeness (QED) is 0.535. The van der Waals surface area contributed by atoms with Crippen LogP contribution in [0.4, 0.5) is 0 Å². The molecule has 6 nitrogen and oxygen atoms in total. The third-order valence-corrected chi connectivity index (χ3v) is 5.15. The number of carbonyl (C=O) groups excluding carboxylic acids is 1. The Kier molecular flexibility index (Phi) is 6.72. The van der Waals surface area contributed by atoms with E-state index in [1.165, 1.54) is 0 Å². The highest BCUT2D eigenvalue weighted by atomic mass is 32.2. The minimum Gasteiger partial charge on any atom is -0.360 e. The van der Waals surface area contributed by atoms with E-state index in [0.717, 1.165) is 40.8 Å². The van der Waals surface area contributed by atoms with Crippen LogP contribution in [0.3, 0.4) is 0 Å². The molecule has 1 atom stereocenters. The van der Waals surface area contributed by atoms with Gasteiger partial charge in [-0.1, -0.05) is 83.9 Å². The highest BCUT2D eigenvalue weighted by molar-refractivity contribution is 7.62. The van der Waals surface area contributed by atoms with Crippen molar-refractivity contribution in [3.8, 4) is 22.4 Å². The van der Waals surface area contributed by atoms with Gasteiger partial charge in [0.25, 0.3) is 5.91 Å². The number of aromatic nitrogens is 1. The summed E-state index contributed by atoms with van der Waals surface area (Å²) in [5, 5.41) is 4.21. The van der Waals surface area contributed by atoms with E-state index in [-0.39, 0.29) is 0 Å². The van der Waals surface area contributed by atoms with E-state index in [1.54, 1.807) is 0 Å². The van der Waals surface area contributed by atoms with Crippen LogP contribution >= 0.6 is 0 Å². The maximum atomic E-state index is 12.3. The zero-order valence-electron chi connectivity index (χ0n) is 16.3. The molecule has 150 valence electrons. The first kappa shape index (κ1) is 20.7. The van der Waals surface area contributed by atoms with Crippen molar-refractivity contribution in [2.45, 2.75) is 39.0 Å². The van der Waals surface area contributed by atoms with Crippen molar-refractivity contribution >= 4 is 16.4 Å². The zero-order chi connectivity index (χ0) is 20.8. The van der Waals surface area contributed by atoms with Crippen LogP contribution in [0.5, 0.6) is 0 Å². The highest BCUT2D eigenvalue weighted by Gasteiger charge is 2.22. The second-order valence-electron chi connectivity index (χ2n) is 6.79. The molecular weight excluding hydrogens is 388 g/mol. The van der Waals surface area contributed by atoms with Crippen LogP contribution in [-0.2, 0) is 15.3 Å². The molecule has 0 saturated heterocycles. The number of hydrogen-bond acceptors (Lipinski definition) is 5. The predicted octanol–water partition coefficient (Wildman–Crippen LogP) is 5.18.